The normalized spacial score (nSPS) is 11.4. The lowest BCUT2D eigenvalue weighted by molar-refractivity contribution is -0.141. The second-order valence-corrected chi connectivity index (χ2v) is 4.10. The number of aromatic nitrogens is 2. The van der Waals surface area contributed by atoms with Crippen LogP contribution < -0.4 is 4.74 Å². The first-order chi connectivity index (χ1) is 8.90. The van der Waals surface area contributed by atoms with E-state index in [-0.39, 0.29) is 10.5 Å². The lowest BCUT2D eigenvalue weighted by Gasteiger charge is -2.08. The van der Waals surface area contributed by atoms with Crippen LogP contribution in [0.15, 0.2) is 30.3 Å². The summed E-state index contributed by atoms with van der Waals surface area (Å²) in [7, 11) is 1.51. The van der Waals surface area contributed by atoms with E-state index in [1.165, 1.54) is 7.11 Å². The largest absolute Gasteiger partial charge is 0.497 e. The van der Waals surface area contributed by atoms with Crippen molar-refractivity contribution >= 4 is 12.2 Å². The molecule has 0 amide bonds. The number of nitrogens with zero attached hydrogens (tertiary/aromatic N) is 1. The summed E-state index contributed by atoms with van der Waals surface area (Å²) in [4.78, 5) is 5.93. The molecule has 7 heteroatoms. The molecule has 1 N–H and O–H groups in total. The van der Waals surface area contributed by atoms with Gasteiger partial charge in [-0.25, -0.2) is 4.98 Å². The second-order valence-electron chi connectivity index (χ2n) is 3.71. The van der Waals surface area contributed by atoms with E-state index in [9.17, 15) is 13.2 Å². The Balaban J connectivity index is 2.49. The average Bonchev–Trinajstić information content (AvgIpc) is 2.37. The maximum atomic E-state index is 12.7. The van der Waals surface area contributed by atoms with Gasteiger partial charge in [0.05, 0.1) is 12.8 Å². The van der Waals surface area contributed by atoms with Crippen LogP contribution in [0.5, 0.6) is 5.75 Å². The summed E-state index contributed by atoms with van der Waals surface area (Å²) in [6.45, 7) is 0. The van der Waals surface area contributed by atoms with Crippen LogP contribution in [0.1, 0.15) is 5.69 Å². The van der Waals surface area contributed by atoms with Crippen molar-refractivity contribution in [2.75, 3.05) is 7.11 Å². The molecule has 0 spiro atoms. The Kier molecular flexibility index (Phi) is 3.57. The van der Waals surface area contributed by atoms with Gasteiger partial charge in [-0.3, -0.25) is 0 Å². The Bertz CT molecular complexity index is 635. The summed E-state index contributed by atoms with van der Waals surface area (Å²) in [5.41, 5.74) is -0.219. The molecule has 2 aromatic rings. The minimum Gasteiger partial charge on any atom is -0.497 e. The molecule has 0 bridgehead atoms. The van der Waals surface area contributed by atoms with Gasteiger partial charge < -0.3 is 9.72 Å². The molecule has 19 heavy (non-hydrogen) atoms. The van der Waals surface area contributed by atoms with E-state index in [0.717, 1.165) is 6.07 Å². The van der Waals surface area contributed by atoms with Gasteiger partial charge in [-0.2, -0.15) is 13.2 Å². The van der Waals surface area contributed by atoms with Crippen molar-refractivity contribution < 1.29 is 17.9 Å². The highest BCUT2D eigenvalue weighted by atomic mass is 32.1. The Morgan fingerprint density at radius 2 is 1.84 bits per heavy atom. The highest BCUT2D eigenvalue weighted by Gasteiger charge is 2.32. The van der Waals surface area contributed by atoms with Crippen molar-refractivity contribution in [2.45, 2.75) is 6.18 Å². The summed E-state index contributed by atoms with van der Waals surface area (Å²) in [6, 6.07) is 7.46. The number of benzene rings is 1. The third-order valence-electron chi connectivity index (χ3n) is 2.44. The van der Waals surface area contributed by atoms with Gasteiger partial charge in [0.2, 0.25) is 0 Å². The molecule has 2 rings (SSSR count). The number of halogens is 3. The monoisotopic (exact) mass is 286 g/mol. The van der Waals surface area contributed by atoms with E-state index in [1.54, 1.807) is 24.3 Å². The predicted octanol–water partition coefficient (Wildman–Crippen LogP) is 3.83. The van der Waals surface area contributed by atoms with Crippen LogP contribution in [-0.4, -0.2) is 17.1 Å². The quantitative estimate of drug-likeness (QED) is 0.852. The summed E-state index contributed by atoms with van der Waals surface area (Å²) < 4.78 is 42.7. The zero-order valence-electron chi connectivity index (χ0n) is 9.78. The minimum atomic E-state index is -4.49. The third-order valence-corrected chi connectivity index (χ3v) is 2.63. The van der Waals surface area contributed by atoms with Gasteiger partial charge in [-0.05, 0) is 42.5 Å². The fraction of sp³-hybridized carbons (Fsp3) is 0.167. The first-order valence-electron chi connectivity index (χ1n) is 5.23. The molecular formula is C12H9F3N2OS. The summed E-state index contributed by atoms with van der Waals surface area (Å²) in [5, 5.41) is 0. The van der Waals surface area contributed by atoms with Crippen LogP contribution in [0.3, 0.4) is 0 Å². The highest BCUT2D eigenvalue weighted by molar-refractivity contribution is 7.71. The molecule has 0 aliphatic heterocycles. The molecule has 3 nitrogen and oxygen atoms in total. The van der Waals surface area contributed by atoms with Gasteiger partial charge in [0, 0.05) is 5.56 Å². The van der Waals surface area contributed by atoms with Crippen LogP contribution in [0, 0.1) is 4.77 Å². The Morgan fingerprint density at radius 3 is 2.37 bits per heavy atom. The summed E-state index contributed by atoms with van der Waals surface area (Å²) in [5.74, 6) is 0.612. The van der Waals surface area contributed by atoms with Crippen LogP contribution in [0.2, 0.25) is 0 Å². The van der Waals surface area contributed by atoms with Gasteiger partial charge in [0.25, 0.3) is 0 Å². The fourth-order valence-corrected chi connectivity index (χ4v) is 1.73. The molecular weight excluding hydrogens is 277 g/mol. The molecule has 0 aliphatic rings. The first-order valence-corrected chi connectivity index (χ1v) is 5.64. The Labute approximate surface area is 112 Å². The van der Waals surface area contributed by atoms with Crippen molar-refractivity contribution in [3.05, 3.63) is 40.8 Å². The van der Waals surface area contributed by atoms with Gasteiger partial charge in [0.15, 0.2) is 4.77 Å². The number of aromatic amines is 1. The van der Waals surface area contributed by atoms with Gasteiger partial charge >= 0.3 is 6.18 Å². The van der Waals surface area contributed by atoms with Crippen molar-refractivity contribution in [1.29, 1.82) is 0 Å². The lowest BCUT2D eigenvalue weighted by atomic mass is 10.1. The number of hydrogen-bond donors (Lipinski definition) is 1. The highest BCUT2D eigenvalue weighted by Crippen LogP contribution is 2.30. The van der Waals surface area contributed by atoms with E-state index < -0.39 is 11.9 Å². The Hall–Kier alpha value is -1.89. The van der Waals surface area contributed by atoms with Gasteiger partial charge in [-0.1, -0.05) is 0 Å². The number of alkyl halides is 3. The maximum absolute atomic E-state index is 12.7. The average molecular weight is 286 g/mol. The van der Waals surface area contributed by atoms with Crippen molar-refractivity contribution in [1.82, 2.24) is 9.97 Å². The number of H-pyrrole nitrogens is 1. The van der Waals surface area contributed by atoms with E-state index in [1.807, 2.05) is 4.98 Å². The fourth-order valence-electron chi connectivity index (χ4n) is 1.52. The molecule has 1 aromatic heterocycles. The maximum Gasteiger partial charge on any atom is 0.431 e. The lowest BCUT2D eigenvalue weighted by Crippen LogP contribution is -2.09. The molecule has 1 heterocycles. The van der Waals surface area contributed by atoms with Crippen molar-refractivity contribution in [3.63, 3.8) is 0 Å². The van der Waals surface area contributed by atoms with Crippen LogP contribution in [-0.2, 0) is 6.18 Å². The number of hydrogen-bond acceptors (Lipinski definition) is 3. The topological polar surface area (TPSA) is 37.9 Å². The van der Waals surface area contributed by atoms with E-state index in [4.69, 9.17) is 17.0 Å². The van der Waals surface area contributed by atoms with Crippen LogP contribution in [0.4, 0.5) is 13.2 Å². The number of ether oxygens (including phenoxy) is 1. The second kappa shape index (κ2) is 5.00. The smallest absolute Gasteiger partial charge is 0.431 e. The third kappa shape index (κ3) is 3.11. The number of methoxy groups -OCH3 is 1. The van der Waals surface area contributed by atoms with Crippen molar-refractivity contribution in [3.8, 4) is 17.0 Å². The molecule has 0 fully saturated rings. The van der Waals surface area contributed by atoms with Crippen LogP contribution in [0.25, 0.3) is 11.3 Å². The van der Waals surface area contributed by atoms with Crippen molar-refractivity contribution in [2.24, 2.45) is 0 Å². The molecule has 0 saturated heterocycles. The van der Waals surface area contributed by atoms with E-state index >= 15 is 0 Å². The van der Waals surface area contributed by atoms with Gasteiger partial charge in [-0.15, -0.1) is 0 Å². The molecule has 0 atom stereocenters. The van der Waals surface area contributed by atoms with Gasteiger partial charge in [0.1, 0.15) is 11.4 Å². The molecule has 0 radical (unpaired) electrons. The number of rotatable bonds is 2. The zero-order valence-corrected chi connectivity index (χ0v) is 10.6. The minimum absolute atomic E-state index is 0.165. The predicted molar refractivity (Wildman–Crippen MR) is 66.4 cm³/mol. The molecule has 0 saturated carbocycles. The standard InChI is InChI=1S/C12H9F3N2OS/c1-18-8-4-2-7(3-5-8)9-6-10(12(13,14)15)17-11(19)16-9/h2-6H,1H3,(H,16,17,19). The van der Waals surface area contributed by atoms with E-state index in [0.29, 0.717) is 11.3 Å². The Morgan fingerprint density at radius 1 is 1.21 bits per heavy atom. The molecule has 100 valence electrons. The number of nitrogens with one attached hydrogen (secondary N) is 1. The molecule has 1 aromatic carbocycles. The first kappa shape index (κ1) is 13.5. The van der Waals surface area contributed by atoms with E-state index in [2.05, 4.69) is 4.98 Å². The zero-order chi connectivity index (χ0) is 14.0. The molecule has 0 aliphatic carbocycles. The summed E-state index contributed by atoms with van der Waals surface area (Å²) >= 11 is 4.71. The summed E-state index contributed by atoms with van der Waals surface area (Å²) in [6.07, 6.45) is -4.49. The van der Waals surface area contributed by atoms with Crippen LogP contribution >= 0.6 is 12.2 Å². The SMILES string of the molecule is COc1ccc(-c2cc(C(F)(F)F)[nH]c(=S)n2)cc1. The molecule has 0 unspecified atom stereocenters.